The van der Waals surface area contributed by atoms with Gasteiger partial charge in [-0.15, -0.1) is 0 Å². The van der Waals surface area contributed by atoms with Crippen LogP contribution in [-0.2, 0) is 6.42 Å². The van der Waals surface area contributed by atoms with Crippen LogP contribution in [0, 0.1) is 11.7 Å². The number of aliphatic hydroxyl groups excluding tert-OH is 1. The summed E-state index contributed by atoms with van der Waals surface area (Å²) >= 11 is 0. The molecule has 1 aliphatic rings. The van der Waals surface area contributed by atoms with Gasteiger partial charge in [0.1, 0.15) is 11.6 Å². The SMILES string of the molecule is CCc1ccc(C(=O)N2CCC([C@H](O)c3ccc(F)cc3)CC2)o1. The highest BCUT2D eigenvalue weighted by atomic mass is 19.1. The van der Waals surface area contributed by atoms with Gasteiger partial charge in [0.25, 0.3) is 5.91 Å². The van der Waals surface area contributed by atoms with E-state index >= 15 is 0 Å². The highest BCUT2D eigenvalue weighted by Crippen LogP contribution is 2.31. The molecule has 1 fully saturated rings. The summed E-state index contributed by atoms with van der Waals surface area (Å²) in [4.78, 5) is 14.2. The lowest BCUT2D eigenvalue weighted by molar-refractivity contribution is 0.0441. The molecular formula is C19H22FNO3. The Hall–Kier alpha value is -2.14. The zero-order valence-corrected chi connectivity index (χ0v) is 13.7. The molecule has 2 heterocycles. The van der Waals surface area contributed by atoms with Crippen LogP contribution < -0.4 is 0 Å². The second-order valence-corrected chi connectivity index (χ2v) is 6.25. The molecule has 1 atom stereocenters. The number of likely N-dealkylation sites (tertiary alicyclic amines) is 1. The summed E-state index contributed by atoms with van der Waals surface area (Å²) < 4.78 is 18.5. The van der Waals surface area contributed by atoms with E-state index in [1.54, 1.807) is 23.1 Å². The first-order chi connectivity index (χ1) is 11.6. The predicted octanol–water partition coefficient (Wildman–Crippen LogP) is 3.57. The van der Waals surface area contributed by atoms with Crippen molar-refractivity contribution in [3.05, 3.63) is 59.3 Å². The molecule has 1 saturated heterocycles. The van der Waals surface area contributed by atoms with Gasteiger partial charge in [-0.25, -0.2) is 4.39 Å². The molecule has 0 aliphatic carbocycles. The minimum Gasteiger partial charge on any atom is -0.456 e. The van der Waals surface area contributed by atoms with Gasteiger partial charge >= 0.3 is 0 Å². The van der Waals surface area contributed by atoms with E-state index < -0.39 is 6.10 Å². The van der Waals surface area contributed by atoms with E-state index in [1.807, 2.05) is 13.0 Å². The van der Waals surface area contributed by atoms with E-state index in [2.05, 4.69) is 0 Å². The van der Waals surface area contributed by atoms with E-state index in [4.69, 9.17) is 4.42 Å². The zero-order chi connectivity index (χ0) is 17.1. The summed E-state index contributed by atoms with van der Waals surface area (Å²) in [6.45, 7) is 3.16. The molecule has 0 unspecified atom stereocenters. The number of aliphatic hydroxyl groups is 1. The summed E-state index contributed by atoms with van der Waals surface area (Å²) in [6.07, 6.45) is 1.56. The van der Waals surface area contributed by atoms with Crippen LogP contribution in [0.3, 0.4) is 0 Å². The highest BCUT2D eigenvalue weighted by Gasteiger charge is 2.29. The molecule has 1 aromatic carbocycles. The molecule has 1 N–H and O–H groups in total. The van der Waals surface area contributed by atoms with Crippen LogP contribution in [0.2, 0.25) is 0 Å². The summed E-state index contributed by atoms with van der Waals surface area (Å²) in [5, 5.41) is 10.5. The summed E-state index contributed by atoms with van der Waals surface area (Å²) in [6, 6.07) is 9.51. The number of halogens is 1. The lowest BCUT2D eigenvalue weighted by Gasteiger charge is -2.34. The fraction of sp³-hybridized carbons (Fsp3) is 0.421. The minimum atomic E-state index is -0.627. The van der Waals surface area contributed by atoms with Crippen LogP contribution in [0.4, 0.5) is 4.39 Å². The third kappa shape index (κ3) is 3.51. The van der Waals surface area contributed by atoms with Crippen LogP contribution in [0.15, 0.2) is 40.8 Å². The molecule has 0 spiro atoms. The first-order valence-electron chi connectivity index (χ1n) is 8.40. The standard InChI is InChI=1S/C19H22FNO3/c1-2-16-7-8-17(24-16)19(23)21-11-9-14(10-12-21)18(22)13-3-5-15(20)6-4-13/h3-8,14,18,22H,2,9-12H2,1H3/t18-/m1/s1. The maximum atomic E-state index is 13.0. The first kappa shape index (κ1) is 16.7. The average Bonchev–Trinajstić information content (AvgIpc) is 3.10. The number of amides is 1. The van der Waals surface area contributed by atoms with Crippen LogP contribution in [0.5, 0.6) is 0 Å². The average molecular weight is 331 g/mol. The van der Waals surface area contributed by atoms with Gasteiger partial charge in [0.15, 0.2) is 5.76 Å². The molecule has 2 aromatic rings. The Labute approximate surface area is 140 Å². The van der Waals surface area contributed by atoms with Gasteiger partial charge in [-0.2, -0.15) is 0 Å². The smallest absolute Gasteiger partial charge is 0.289 e. The van der Waals surface area contributed by atoms with Gasteiger partial charge in [-0.3, -0.25) is 4.79 Å². The summed E-state index contributed by atoms with van der Waals surface area (Å²) in [5.74, 6) is 0.854. The number of carbonyl (C=O) groups excluding carboxylic acids is 1. The Morgan fingerprint density at radius 1 is 1.25 bits per heavy atom. The Balaban J connectivity index is 1.58. The maximum absolute atomic E-state index is 13.0. The molecule has 0 bridgehead atoms. The van der Waals surface area contributed by atoms with E-state index in [0.29, 0.717) is 31.7 Å². The molecule has 3 rings (SSSR count). The Morgan fingerprint density at radius 2 is 1.92 bits per heavy atom. The molecule has 0 saturated carbocycles. The van der Waals surface area contributed by atoms with Crippen molar-refractivity contribution in [1.29, 1.82) is 0 Å². The third-order valence-electron chi connectivity index (χ3n) is 4.71. The quantitative estimate of drug-likeness (QED) is 0.932. The highest BCUT2D eigenvalue weighted by molar-refractivity contribution is 5.91. The van der Waals surface area contributed by atoms with Gasteiger partial charge in [0, 0.05) is 19.5 Å². The molecular weight excluding hydrogens is 309 g/mol. The van der Waals surface area contributed by atoms with Crippen LogP contribution >= 0.6 is 0 Å². The van der Waals surface area contributed by atoms with Crippen molar-refractivity contribution < 1.29 is 18.7 Å². The monoisotopic (exact) mass is 331 g/mol. The normalized spacial score (nSPS) is 17.0. The lowest BCUT2D eigenvalue weighted by atomic mass is 9.87. The van der Waals surface area contributed by atoms with Crippen molar-refractivity contribution in [3.63, 3.8) is 0 Å². The topological polar surface area (TPSA) is 53.7 Å². The number of aryl methyl sites for hydroxylation is 1. The number of piperidine rings is 1. The number of benzene rings is 1. The van der Waals surface area contributed by atoms with Crippen LogP contribution in [0.1, 0.15) is 47.7 Å². The maximum Gasteiger partial charge on any atom is 0.289 e. The second-order valence-electron chi connectivity index (χ2n) is 6.25. The van der Waals surface area contributed by atoms with E-state index in [0.717, 1.165) is 17.7 Å². The molecule has 128 valence electrons. The number of hydrogen-bond acceptors (Lipinski definition) is 3. The zero-order valence-electron chi connectivity index (χ0n) is 13.7. The van der Waals surface area contributed by atoms with Crippen LogP contribution in [-0.4, -0.2) is 29.0 Å². The van der Waals surface area contributed by atoms with Crippen molar-refractivity contribution in [1.82, 2.24) is 4.90 Å². The van der Waals surface area contributed by atoms with Crippen molar-refractivity contribution in [3.8, 4) is 0 Å². The Kier molecular flexibility index (Phi) is 5.00. The van der Waals surface area contributed by atoms with Gasteiger partial charge in [0.2, 0.25) is 0 Å². The second kappa shape index (κ2) is 7.18. The van der Waals surface area contributed by atoms with Crippen molar-refractivity contribution in [2.24, 2.45) is 5.92 Å². The van der Waals surface area contributed by atoms with E-state index in [1.165, 1.54) is 12.1 Å². The largest absolute Gasteiger partial charge is 0.456 e. The fourth-order valence-electron chi connectivity index (χ4n) is 3.19. The summed E-state index contributed by atoms with van der Waals surface area (Å²) in [5.41, 5.74) is 0.722. The molecule has 1 aromatic heterocycles. The fourth-order valence-corrected chi connectivity index (χ4v) is 3.19. The number of rotatable bonds is 4. The van der Waals surface area contributed by atoms with E-state index in [9.17, 15) is 14.3 Å². The third-order valence-corrected chi connectivity index (χ3v) is 4.71. The van der Waals surface area contributed by atoms with E-state index in [-0.39, 0.29) is 17.6 Å². The van der Waals surface area contributed by atoms with Crippen molar-refractivity contribution in [2.75, 3.05) is 13.1 Å². The van der Waals surface area contributed by atoms with Gasteiger partial charge in [-0.1, -0.05) is 19.1 Å². The lowest BCUT2D eigenvalue weighted by Crippen LogP contribution is -2.39. The molecule has 5 heteroatoms. The van der Waals surface area contributed by atoms with Crippen LogP contribution in [0.25, 0.3) is 0 Å². The van der Waals surface area contributed by atoms with Gasteiger partial charge < -0.3 is 14.4 Å². The Morgan fingerprint density at radius 3 is 2.50 bits per heavy atom. The summed E-state index contributed by atoms with van der Waals surface area (Å²) in [7, 11) is 0. The molecule has 4 nitrogen and oxygen atoms in total. The molecule has 1 aliphatic heterocycles. The van der Waals surface area contributed by atoms with Gasteiger partial charge in [0.05, 0.1) is 6.10 Å². The molecule has 1 amide bonds. The molecule has 24 heavy (non-hydrogen) atoms. The van der Waals surface area contributed by atoms with Crippen molar-refractivity contribution >= 4 is 5.91 Å². The van der Waals surface area contributed by atoms with Gasteiger partial charge in [-0.05, 0) is 48.6 Å². The predicted molar refractivity (Wildman–Crippen MR) is 88.1 cm³/mol. The first-order valence-corrected chi connectivity index (χ1v) is 8.40. The van der Waals surface area contributed by atoms with Crippen molar-refractivity contribution in [2.45, 2.75) is 32.3 Å². The number of hydrogen-bond donors (Lipinski definition) is 1. The Bertz CT molecular complexity index is 687. The number of furan rings is 1. The number of nitrogens with zero attached hydrogens (tertiary/aromatic N) is 1. The minimum absolute atomic E-state index is 0.0716. The number of carbonyl (C=O) groups is 1. The molecule has 0 radical (unpaired) electrons.